The molecular weight excluding hydrogens is 550 g/mol. The molecule has 196 valence electrons. The summed E-state index contributed by atoms with van der Waals surface area (Å²) < 4.78 is 48.4. The maximum atomic E-state index is 14.1. The molecule has 1 aliphatic rings. The van der Waals surface area contributed by atoms with Gasteiger partial charge in [-0.25, -0.2) is 0 Å². The number of hydrogen-bond donors (Lipinski definition) is 2. The molecule has 4 nitrogen and oxygen atoms in total. The summed E-state index contributed by atoms with van der Waals surface area (Å²) in [5.41, 5.74) is -0.400. The fourth-order valence-electron chi connectivity index (χ4n) is 4.32. The summed E-state index contributed by atoms with van der Waals surface area (Å²) in [6.45, 7) is 0. The Bertz CT molecular complexity index is 1270. The van der Waals surface area contributed by atoms with Gasteiger partial charge in [0.25, 0.3) is 5.91 Å². The van der Waals surface area contributed by atoms with E-state index in [2.05, 4.69) is 5.32 Å². The minimum atomic E-state index is -4.82. The van der Waals surface area contributed by atoms with Crippen molar-refractivity contribution in [3.63, 3.8) is 0 Å². The van der Waals surface area contributed by atoms with Crippen molar-refractivity contribution in [3.8, 4) is 5.75 Å². The van der Waals surface area contributed by atoms with E-state index in [1.54, 1.807) is 36.4 Å². The lowest BCUT2D eigenvalue weighted by molar-refractivity contribution is -0.139. The number of halogens is 6. The second-order valence-electron chi connectivity index (χ2n) is 8.86. The van der Waals surface area contributed by atoms with E-state index in [1.807, 2.05) is 0 Å². The van der Waals surface area contributed by atoms with Crippen LogP contribution < -0.4 is 10.1 Å². The molecule has 10 heteroatoms. The molecule has 1 saturated carbocycles. The van der Waals surface area contributed by atoms with E-state index in [9.17, 15) is 23.1 Å². The van der Waals surface area contributed by atoms with Crippen LogP contribution in [-0.2, 0) is 6.18 Å². The fourth-order valence-corrected chi connectivity index (χ4v) is 4.95. The number of aliphatic hydroxyl groups excluding tert-OH is 1. The first-order chi connectivity index (χ1) is 17.5. The van der Waals surface area contributed by atoms with E-state index in [1.165, 1.54) is 12.1 Å². The summed E-state index contributed by atoms with van der Waals surface area (Å²) in [4.78, 5) is 12.7. The number of alkyl halides is 3. The molecule has 37 heavy (non-hydrogen) atoms. The largest absolute Gasteiger partial charge is 0.480 e. The highest BCUT2D eigenvalue weighted by Gasteiger charge is 2.37. The summed E-state index contributed by atoms with van der Waals surface area (Å²) >= 11 is 18.4. The van der Waals surface area contributed by atoms with Crippen LogP contribution in [0.1, 0.15) is 58.8 Å². The SMILES string of the molecule is O=C(NC1CCCCC1O)c1ccc(OC(c2ccc(Cl)cc2)c2ccc(Cl)cc2Cl)c(C(F)(F)F)c1. The van der Waals surface area contributed by atoms with E-state index in [0.717, 1.165) is 25.0 Å². The number of amides is 1. The number of carbonyl (C=O) groups excluding carboxylic acids is 1. The van der Waals surface area contributed by atoms with Gasteiger partial charge in [-0.2, -0.15) is 13.2 Å². The van der Waals surface area contributed by atoms with Crippen molar-refractivity contribution >= 4 is 40.7 Å². The fraction of sp³-hybridized carbons (Fsp3) is 0.296. The average molecular weight is 573 g/mol. The van der Waals surface area contributed by atoms with Crippen LogP contribution in [0.3, 0.4) is 0 Å². The Kier molecular flexibility index (Phi) is 8.59. The zero-order valence-electron chi connectivity index (χ0n) is 19.4. The van der Waals surface area contributed by atoms with Crippen LogP contribution in [0.4, 0.5) is 13.2 Å². The van der Waals surface area contributed by atoms with Crippen molar-refractivity contribution in [2.45, 2.75) is 50.1 Å². The van der Waals surface area contributed by atoms with E-state index in [-0.39, 0.29) is 10.6 Å². The molecule has 0 aromatic heterocycles. The van der Waals surface area contributed by atoms with Crippen molar-refractivity contribution in [2.75, 3.05) is 0 Å². The molecule has 1 fully saturated rings. The maximum absolute atomic E-state index is 14.1. The highest BCUT2D eigenvalue weighted by atomic mass is 35.5. The third kappa shape index (κ3) is 6.71. The summed E-state index contributed by atoms with van der Waals surface area (Å²) in [7, 11) is 0. The van der Waals surface area contributed by atoms with E-state index in [0.29, 0.717) is 34.0 Å². The van der Waals surface area contributed by atoms with Crippen LogP contribution in [0.2, 0.25) is 15.1 Å². The monoisotopic (exact) mass is 571 g/mol. The van der Waals surface area contributed by atoms with E-state index < -0.39 is 41.6 Å². The average Bonchev–Trinajstić information content (AvgIpc) is 2.84. The Balaban J connectivity index is 1.70. The Morgan fingerprint density at radius 1 is 0.946 bits per heavy atom. The van der Waals surface area contributed by atoms with Gasteiger partial charge in [-0.05, 0) is 60.9 Å². The second-order valence-corrected chi connectivity index (χ2v) is 10.1. The Hall–Kier alpha value is -2.45. The molecule has 3 aromatic carbocycles. The molecule has 0 heterocycles. The second kappa shape index (κ2) is 11.5. The Morgan fingerprint density at radius 3 is 2.27 bits per heavy atom. The van der Waals surface area contributed by atoms with Gasteiger partial charge in [-0.15, -0.1) is 0 Å². The number of nitrogens with one attached hydrogen (secondary N) is 1. The van der Waals surface area contributed by atoms with Gasteiger partial charge in [0.1, 0.15) is 5.75 Å². The molecule has 0 aliphatic heterocycles. The molecule has 0 saturated heterocycles. The van der Waals surface area contributed by atoms with Gasteiger partial charge in [0, 0.05) is 26.2 Å². The molecule has 0 radical (unpaired) electrons. The zero-order valence-corrected chi connectivity index (χ0v) is 21.6. The molecule has 3 atom stereocenters. The van der Waals surface area contributed by atoms with Crippen molar-refractivity contribution in [1.82, 2.24) is 5.32 Å². The number of benzene rings is 3. The number of carbonyl (C=O) groups is 1. The third-order valence-electron chi connectivity index (χ3n) is 6.26. The van der Waals surface area contributed by atoms with Crippen LogP contribution in [0, 0.1) is 0 Å². The Morgan fingerprint density at radius 2 is 1.62 bits per heavy atom. The van der Waals surface area contributed by atoms with Crippen LogP contribution in [0.5, 0.6) is 5.75 Å². The Labute approximate surface area is 227 Å². The zero-order chi connectivity index (χ0) is 26.7. The molecule has 3 aromatic rings. The first kappa shape index (κ1) is 27.6. The van der Waals surface area contributed by atoms with Gasteiger partial charge in [0.15, 0.2) is 6.10 Å². The molecule has 3 unspecified atom stereocenters. The summed E-state index contributed by atoms with van der Waals surface area (Å²) in [6.07, 6.45) is -3.82. The molecule has 0 spiro atoms. The van der Waals surface area contributed by atoms with Crippen LogP contribution in [-0.4, -0.2) is 23.2 Å². The lowest BCUT2D eigenvalue weighted by Crippen LogP contribution is -2.45. The van der Waals surface area contributed by atoms with Crippen molar-refractivity contribution in [1.29, 1.82) is 0 Å². The number of aliphatic hydroxyl groups is 1. The van der Waals surface area contributed by atoms with Crippen molar-refractivity contribution in [2.24, 2.45) is 0 Å². The molecule has 1 amide bonds. The number of ether oxygens (including phenoxy) is 1. The standard InChI is InChI=1S/C27H23Cl3F3NO3/c28-17-8-5-15(6-9-17)25(19-11-10-18(29)14-21(19)30)37-24-12-7-16(13-20(24)27(31,32)33)26(36)34-22-3-1-2-4-23(22)35/h5-14,22-23,25,35H,1-4H2,(H,34,36). The van der Waals surface area contributed by atoms with Crippen LogP contribution in [0.15, 0.2) is 60.7 Å². The minimum absolute atomic E-state index is 0.190. The predicted octanol–water partition coefficient (Wildman–Crippen LogP) is 7.87. The topological polar surface area (TPSA) is 58.6 Å². The number of hydrogen-bond acceptors (Lipinski definition) is 3. The van der Waals surface area contributed by atoms with Gasteiger partial charge in [0.2, 0.25) is 0 Å². The molecule has 2 N–H and O–H groups in total. The minimum Gasteiger partial charge on any atom is -0.480 e. The van der Waals surface area contributed by atoms with Gasteiger partial charge >= 0.3 is 6.18 Å². The van der Waals surface area contributed by atoms with Gasteiger partial charge in [-0.1, -0.05) is 65.8 Å². The molecule has 0 bridgehead atoms. The van der Waals surface area contributed by atoms with E-state index >= 15 is 0 Å². The van der Waals surface area contributed by atoms with Crippen molar-refractivity contribution in [3.05, 3.63) is 98.0 Å². The van der Waals surface area contributed by atoms with Crippen LogP contribution >= 0.6 is 34.8 Å². The van der Waals surface area contributed by atoms with Crippen molar-refractivity contribution < 1.29 is 27.8 Å². The summed E-state index contributed by atoms with van der Waals surface area (Å²) in [6, 6.07) is 13.7. The summed E-state index contributed by atoms with van der Waals surface area (Å²) in [5, 5.41) is 13.8. The molecule has 4 rings (SSSR count). The van der Waals surface area contributed by atoms with E-state index in [4.69, 9.17) is 39.5 Å². The van der Waals surface area contributed by atoms with Gasteiger partial charge in [0.05, 0.1) is 17.7 Å². The normalized spacial score (nSPS) is 18.8. The first-order valence-electron chi connectivity index (χ1n) is 11.6. The van der Waals surface area contributed by atoms with Gasteiger partial charge < -0.3 is 15.2 Å². The highest BCUT2D eigenvalue weighted by molar-refractivity contribution is 6.35. The first-order valence-corrected chi connectivity index (χ1v) is 12.7. The van der Waals surface area contributed by atoms with Gasteiger partial charge in [-0.3, -0.25) is 4.79 Å². The molecule has 1 aliphatic carbocycles. The summed E-state index contributed by atoms with van der Waals surface area (Å²) in [5.74, 6) is -1.18. The number of rotatable bonds is 6. The third-order valence-corrected chi connectivity index (χ3v) is 7.07. The maximum Gasteiger partial charge on any atom is 0.419 e. The smallest absolute Gasteiger partial charge is 0.419 e. The quantitative estimate of drug-likeness (QED) is 0.316. The highest BCUT2D eigenvalue weighted by Crippen LogP contribution is 2.41. The molecular formula is C27H23Cl3F3NO3. The van der Waals surface area contributed by atoms with Crippen LogP contribution in [0.25, 0.3) is 0 Å². The predicted molar refractivity (Wildman–Crippen MR) is 138 cm³/mol. The lowest BCUT2D eigenvalue weighted by Gasteiger charge is -2.28. The lowest BCUT2D eigenvalue weighted by atomic mass is 9.92.